The van der Waals surface area contributed by atoms with Gasteiger partial charge in [0, 0.05) is 39.7 Å². The van der Waals surface area contributed by atoms with Crippen molar-refractivity contribution in [1.29, 1.82) is 0 Å². The van der Waals surface area contributed by atoms with Crippen LogP contribution in [0, 0.1) is 0 Å². The number of hydrogen-bond acceptors (Lipinski definition) is 6. The number of likely N-dealkylation sites (N-methyl/N-ethyl adjacent to an activating group) is 1. The molecule has 0 amide bonds. The molecule has 28 heavy (non-hydrogen) atoms. The quantitative estimate of drug-likeness (QED) is 0.571. The molecule has 3 aromatic rings. The lowest BCUT2D eigenvalue weighted by Gasteiger charge is -2.24. The van der Waals surface area contributed by atoms with Crippen molar-refractivity contribution in [2.75, 3.05) is 20.2 Å². The fourth-order valence-corrected chi connectivity index (χ4v) is 4.47. The smallest absolute Gasteiger partial charge is 0.197 e. The van der Waals surface area contributed by atoms with Gasteiger partial charge in [-0.05, 0) is 32.1 Å². The maximum Gasteiger partial charge on any atom is 0.197 e. The van der Waals surface area contributed by atoms with E-state index >= 15 is 0 Å². The van der Waals surface area contributed by atoms with Crippen LogP contribution in [0.4, 0.5) is 0 Å². The summed E-state index contributed by atoms with van der Waals surface area (Å²) in [5.74, 6) is -0.341. The monoisotopic (exact) mass is 445 g/mol. The van der Waals surface area contributed by atoms with Gasteiger partial charge in [0.2, 0.25) is 0 Å². The van der Waals surface area contributed by atoms with Gasteiger partial charge >= 0.3 is 0 Å². The largest absolute Gasteiger partial charge is 0.507 e. The molecule has 6 nitrogen and oxygen atoms in total. The first-order chi connectivity index (χ1) is 13.4. The van der Waals surface area contributed by atoms with Crippen LogP contribution in [0.5, 0.6) is 11.5 Å². The number of fused-ring (bicyclic) bond motifs is 1. The first kappa shape index (κ1) is 19.0. The summed E-state index contributed by atoms with van der Waals surface area (Å²) >= 11 is 3.41. The van der Waals surface area contributed by atoms with Gasteiger partial charge in [0.05, 0.1) is 6.61 Å². The van der Waals surface area contributed by atoms with Crippen LogP contribution in [0.15, 0.2) is 50.1 Å². The highest BCUT2D eigenvalue weighted by molar-refractivity contribution is 9.10. The Balaban J connectivity index is 2.01. The molecule has 2 aromatic carbocycles. The van der Waals surface area contributed by atoms with Crippen molar-refractivity contribution in [3.8, 4) is 22.8 Å². The predicted molar refractivity (Wildman–Crippen MR) is 110 cm³/mol. The topological polar surface area (TPSA) is 94.1 Å². The third-order valence-electron chi connectivity index (χ3n) is 5.49. The molecule has 4 rings (SSSR count). The molecule has 2 atom stereocenters. The van der Waals surface area contributed by atoms with Gasteiger partial charge in [-0.25, -0.2) is 0 Å². The average molecular weight is 446 g/mol. The zero-order valence-corrected chi connectivity index (χ0v) is 16.8. The highest BCUT2D eigenvalue weighted by Crippen LogP contribution is 2.44. The molecule has 2 heterocycles. The van der Waals surface area contributed by atoms with Crippen LogP contribution >= 0.6 is 15.9 Å². The predicted octanol–water partition coefficient (Wildman–Crippen LogP) is 3.41. The van der Waals surface area contributed by atoms with Crippen molar-refractivity contribution in [3.05, 3.63) is 56.7 Å². The van der Waals surface area contributed by atoms with Crippen LogP contribution in [0.1, 0.15) is 17.9 Å². The molecule has 0 bridgehead atoms. The Kier molecular flexibility index (Phi) is 4.91. The van der Waals surface area contributed by atoms with Crippen molar-refractivity contribution < 1.29 is 19.7 Å². The number of benzene rings is 2. The highest BCUT2D eigenvalue weighted by atomic mass is 79.9. The summed E-state index contributed by atoms with van der Waals surface area (Å²) in [6.45, 7) is 0.659. The van der Waals surface area contributed by atoms with Crippen molar-refractivity contribution in [3.63, 3.8) is 0 Å². The molecule has 2 unspecified atom stereocenters. The Morgan fingerprint density at radius 1 is 1.21 bits per heavy atom. The third-order valence-corrected chi connectivity index (χ3v) is 5.98. The number of aliphatic hydroxyl groups is 1. The van der Waals surface area contributed by atoms with Crippen LogP contribution in [0.25, 0.3) is 22.3 Å². The second-order valence-electron chi connectivity index (χ2n) is 7.14. The minimum absolute atomic E-state index is 0.0396. The number of rotatable bonds is 3. The standard InChI is InChI=1S/C21H20BrNO5/c1-23-6-5-13(14(23)10-24)19-15(25)8-16(26)20-17(27)9-18(28-21(19)20)11-3-2-4-12(22)7-11/h2-4,7-9,13-14,24-26H,5-6,10H2,1H3. The fraction of sp³-hybridized carbons (Fsp3) is 0.286. The van der Waals surface area contributed by atoms with E-state index in [9.17, 15) is 20.1 Å². The van der Waals surface area contributed by atoms with E-state index in [4.69, 9.17) is 4.42 Å². The first-order valence-corrected chi connectivity index (χ1v) is 9.79. The second kappa shape index (κ2) is 7.24. The normalized spacial score (nSPS) is 20.1. The number of phenols is 2. The third kappa shape index (κ3) is 3.09. The summed E-state index contributed by atoms with van der Waals surface area (Å²) in [7, 11) is 1.91. The molecule has 7 heteroatoms. The summed E-state index contributed by atoms with van der Waals surface area (Å²) in [5.41, 5.74) is 0.926. The van der Waals surface area contributed by atoms with E-state index in [2.05, 4.69) is 15.9 Å². The minimum Gasteiger partial charge on any atom is -0.507 e. The van der Waals surface area contributed by atoms with Gasteiger partial charge in [-0.2, -0.15) is 0 Å². The Bertz CT molecular complexity index is 1110. The lowest BCUT2D eigenvalue weighted by molar-refractivity contribution is 0.172. The van der Waals surface area contributed by atoms with E-state index in [1.54, 1.807) is 0 Å². The van der Waals surface area contributed by atoms with Gasteiger partial charge in [-0.3, -0.25) is 4.79 Å². The number of likely N-dealkylation sites (tertiary alicyclic amines) is 1. The molecule has 1 aliphatic heterocycles. The summed E-state index contributed by atoms with van der Waals surface area (Å²) < 4.78 is 6.91. The van der Waals surface area contributed by atoms with Crippen LogP contribution in [0.3, 0.4) is 0 Å². The minimum atomic E-state index is -0.387. The van der Waals surface area contributed by atoms with Crippen LogP contribution in [-0.2, 0) is 0 Å². The average Bonchev–Trinajstić information content (AvgIpc) is 3.01. The summed E-state index contributed by atoms with van der Waals surface area (Å²) in [4.78, 5) is 14.8. The summed E-state index contributed by atoms with van der Waals surface area (Å²) in [6.07, 6.45) is 0.694. The number of phenolic OH excluding ortho intramolecular Hbond substituents is 2. The Morgan fingerprint density at radius 3 is 2.71 bits per heavy atom. The summed E-state index contributed by atoms with van der Waals surface area (Å²) in [6, 6.07) is 9.65. The zero-order valence-electron chi connectivity index (χ0n) is 15.2. The van der Waals surface area contributed by atoms with Gasteiger partial charge in [0.1, 0.15) is 28.2 Å². The number of aliphatic hydroxyl groups excluding tert-OH is 1. The molecule has 0 radical (unpaired) electrons. The molecule has 1 aliphatic rings. The van der Waals surface area contributed by atoms with Crippen LogP contribution in [-0.4, -0.2) is 46.5 Å². The number of hydrogen-bond donors (Lipinski definition) is 3. The summed E-state index contributed by atoms with van der Waals surface area (Å²) in [5, 5.41) is 30.8. The molecule has 146 valence electrons. The number of aromatic hydroxyl groups is 2. The molecular formula is C21H20BrNO5. The molecule has 1 fully saturated rings. The van der Waals surface area contributed by atoms with Crippen LogP contribution < -0.4 is 5.43 Å². The Hall–Kier alpha value is -2.35. The van der Waals surface area contributed by atoms with Crippen molar-refractivity contribution in [2.24, 2.45) is 0 Å². The highest BCUT2D eigenvalue weighted by Gasteiger charge is 2.36. The van der Waals surface area contributed by atoms with E-state index in [0.29, 0.717) is 23.3 Å². The first-order valence-electron chi connectivity index (χ1n) is 9.00. The van der Waals surface area contributed by atoms with Gasteiger partial charge < -0.3 is 24.6 Å². The SMILES string of the molecule is CN1CCC(c2c(O)cc(O)c3c(=O)cc(-c4cccc(Br)c4)oc23)C1CO. The van der Waals surface area contributed by atoms with Gasteiger partial charge in [0.25, 0.3) is 0 Å². The molecule has 0 spiro atoms. The van der Waals surface area contributed by atoms with E-state index < -0.39 is 0 Å². The van der Waals surface area contributed by atoms with E-state index in [-0.39, 0.29) is 46.5 Å². The maximum absolute atomic E-state index is 12.8. The van der Waals surface area contributed by atoms with E-state index in [0.717, 1.165) is 11.0 Å². The molecule has 1 aromatic heterocycles. The van der Waals surface area contributed by atoms with Crippen LogP contribution in [0.2, 0.25) is 0 Å². The molecule has 1 saturated heterocycles. The lowest BCUT2D eigenvalue weighted by atomic mass is 9.89. The molecular weight excluding hydrogens is 426 g/mol. The lowest BCUT2D eigenvalue weighted by Crippen LogP contribution is -2.32. The zero-order chi connectivity index (χ0) is 20.0. The van der Waals surface area contributed by atoms with Gasteiger partial charge in [-0.1, -0.05) is 28.1 Å². The van der Waals surface area contributed by atoms with Crippen molar-refractivity contribution in [1.82, 2.24) is 4.90 Å². The Morgan fingerprint density at radius 2 is 2.00 bits per heavy atom. The fourth-order valence-electron chi connectivity index (χ4n) is 4.08. The number of halogens is 1. The van der Waals surface area contributed by atoms with Gasteiger partial charge in [-0.15, -0.1) is 0 Å². The molecule has 0 saturated carbocycles. The molecule has 0 aliphatic carbocycles. The van der Waals surface area contributed by atoms with Crippen molar-refractivity contribution >= 4 is 26.9 Å². The number of nitrogens with zero attached hydrogens (tertiary/aromatic N) is 1. The maximum atomic E-state index is 12.8. The van der Waals surface area contributed by atoms with Gasteiger partial charge in [0.15, 0.2) is 5.43 Å². The van der Waals surface area contributed by atoms with Crippen molar-refractivity contribution in [2.45, 2.75) is 18.4 Å². The van der Waals surface area contributed by atoms with E-state index in [1.165, 1.54) is 12.1 Å². The second-order valence-corrected chi connectivity index (χ2v) is 8.06. The molecule has 3 N–H and O–H groups in total. The van der Waals surface area contributed by atoms with E-state index in [1.807, 2.05) is 36.2 Å². The Labute approximate surface area is 169 Å².